The number of amides is 2. The Hall–Kier alpha value is -3.22. The molecule has 2 heterocycles. The Labute approximate surface area is 158 Å². The van der Waals surface area contributed by atoms with Crippen LogP contribution in [-0.4, -0.2) is 39.1 Å². The predicted octanol–water partition coefficient (Wildman–Crippen LogP) is 3.84. The van der Waals surface area contributed by atoms with Crippen LogP contribution in [0.1, 0.15) is 24.0 Å². The van der Waals surface area contributed by atoms with Crippen molar-refractivity contribution in [2.45, 2.75) is 33.2 Å². The van der Waals surface area contributed by atoms with Crippen molar-refractivity contribution in [3.05, 3.63) is 59.7 Å². The zero-order valence-corrected chi connectivity index (χ0v) is 15.9. The van der Waals surface area contributed by atoms with Crippen LogP contribution < -0.4 is 5.32 Å². The zero-order valence-electron chi connectivity index (χ0n) is 15.9. The number of carbonyl (C=O) groups is 1. The third-order valence-corrected chi connectivity index (χ3v) is 4.37. The highest BCUT2D eigenvalue weighted by Gasteiger charge is 2.17. The summed E-state index contributed by atoms with van der Waals surface area (Å²) in [6, 6.07) is 11.1. The number of rotatable bonds is 5. The smallest absolute Gasteiger partial charge is 0.321 e. The number of likely N-dealkylation sites (N-methyl/N-ethyl adjacent to an activating group) is 1. The lowest BCUT2D eigenvalue weighted by atomic mass is 10.1. The maximum atomic E-state index is 12.5. The first-order valence-electron chi connectivity index (χ1n) is 8.78. The molecule has 1 aromatic carbocycles. The summed E-state index contributed by atoms with van der Waals surface area (Å²) in [6.45, 7) is 5.81. The minimum atomic E-state index is -0.170. The summed E-state index contributed by atoms with van der Waals surface area (Å²) in [6.07, 6.45) is 2.49. The lowest BCUT2D eigenvalue weighted by Crippen LogP contribution is -2.39. The summed E-state index contributed by atoms with van der Waals surface area (Å²) in [5, 5.41) is 6.68. The summed E-state index contributed by atoms with van der Waals surface area (Å²) >= 11 is 0. The van der Waals surface area contributed by atoms with Crippen LogP contribution in [-0.2, 0) is 6.42 Å². The van der Waals surface area contributed by atoms with E-state index in [9.17, 15) is 4.79 Å². The molecule has 1 atom stereocenters. The van der Waals surface area contributed by atoms with Crippen LogP contribution in [0.15, 0.2) is 47.1 Å². The van der Waals surface area contributed by atoms with E-state index in [1.807, 2.05) is 50.2 Å². The van der Waals surface area contributed by atoms with Crippen LogP contribution in [0.5, 0.6) is 0 Å². The van der Waals surface area contributed by atoms with Crippen molar-refractivity contribution < 1.29 is 9.32 Å². The Morgan fingerprint density at radius 3 is 2.59 bits per heavy atom. The predicted molar refractivity (Wildman–Crippen MR) is 103 cm³/mol. The number of hydrogen-bond acceptors (Lipinski definition) is 5. The number of carbonyl (C=O) groups excluding carboxylic acids is 1. The highest BCUT2D eigenvalue weighted by molar-refractivity contribution is 5.89. The van der Waals surface area contributed by atoms with Gasteiger partial charge in [0.1, 0.15) is 0 Å². The minimum Gasteiger partial charge on any atom is -0.334 e. The number of pyridine rings is 1. The van der Waals surface area contributed by atoms with E-state index in [1.54, 1.807) is 25.1 Å². The normalized spacial score (nSPS) is 11.9. The third-order valence-electron chi connectivity index (χ3n) is 4.37. The molecular formula is C20H23N5O2. The lowest BCUT2D eigenvalue weighted by molar-refractivity contribution is 0.207. The Bertz CT molecular complexity index is 920. The molecule has 140 valence electrons. The van der Waals surface area contributed by atoms with Gasteiger partial charge in [0.2, 0.25) is 0 Å². The molecule has 0 aliphatic rings. The molecule has 2 aromatic heterocycles. The van der Waals surface area contributed by atoms with Crippen molar-refractivity contribution in [2.24, 2.45) is 0 Å². The maximum Gasteiger partial charge on any atom is 0.321 e. The second-order valence-corrected chi connectivity index (χ2v) is 6.64. The number of urea groups is 1. The third kappa shape index (κ3) is 4.69. The number of nitrogens with one attached hydrogen (secondary N) is 1. The average Bonchev–Trinajstić information content (AvgIpc) is 3.08. The average molecular weight is 365 g/mol. The molecule has 2 amide bonds. The summed E-state index contributed by atoms with van der Waals surface area (Å²) in [7, 11) is 1.78. The molecule has 0 aliphatic heterocycles. The molecular weight excluding hydrogens is 342 g/mol. The number of hydrogen-bond donors (Lipinski definition) is 1. The van der Waals surface area contributed by atoms with Gasteiger partial charge in [0.05, 0.1) is 0 Å². The maximum absolute atomic E-state index is 12.5. The molecule has 3 rings (SSSR count). The SMILES string of the molecule is Cc1ccnc(C[C@@H](C)N(C)C(=O)Nc2ccc(-c3nc(C)no3)cc2)c1. The van der Waals surface area contributed by atoms with Gasteiger partial charge < -0.3 is 14.7 Å². The van der Waals surface area contributed by atoms with Crippen LogP contribution >= 0.6 is 0 Å². The number of aromatic nitrogens is 3. The second kappa shape index (κ2) is 7.99. The summed E-state index contributed by atoms with van der Waals surface area (Å²) in [5.41, 5.74) is 3.64. The highest BCUT2D eigenvalue weighted by atomic mass is 16.5. The van der Waals surface area contributed by atoms with Crippen LogP contribution in [0.25, 0.3) is 11.5 Å². The van der Waals surface area contributed by atoms with Gasteiger partial charge in [0.25, 0.3) is 5.89 Å². The molecule has 0 saturated carbocycles. The van der Waals surface area contributed by atoms with Gasteiger partial charge in [0, 0.05) is 42.7 Å². The molecule has 0 fully saturated rings. The molecule has 0 bridgehead atoms. The Balaban J connectivity index is 1.60. The van der Waals surface area contributed by atoms with E-state index in [-0.39, 0.29) is 12.1 Å². The molecule has 0 spiro atoms. The molecule has 7 heteroatoms. The van der Waals surface area contributed by atoms with Crippen molar-refractivity contribution in [1.82, 2.24) is 20.0 Å². The lowest BCUT2D eigenvalue weighted by Gasteiger charge is -2.25. The van der Waals surface area contributed by atoms with E-state index in [1.165, 1.54) is 0 Å². The van der Waals surface area contributed by atoms with E-state index < -0.39 is 0 Å². The van der Waals surface area contributed by atoms with Crippen molar-refractivity contribution in [3.63, 3.8) is 0 Å². The van der Waals surface area contributed by atoms with Gasteiger partial charge in [0.15, 0.2) is 5.82 Å². The fraction of sp³-hybridized carbons (Fsp3) is 0.300. The van der Waals surface area contributed by atoms with Gasteiger partial charge in [-0.3, -0.25) is 4.98 Å². The Kier molecular flexibility index (Phi) is 5.49. The van der Waals surface area contributed by atoms with E-state index in [4.69, 9.17) is 4.52 Å². The van der Waals surface area contributed by atoms with Crippen LogP contribution in [0.4, 0.5) is 10.5 Å². The van der Waals surface area contributed by atoms with Crippen molar-refractivity contribution >= 4 is 11.7 Å². The van der Waals surface area contributed by atoms with E-state index >= 15 is 0 Å². The van der Waals surface area contributed by atoms with Gasteiger partial charge in [-0.1, -0.05) is 5.16 Å². The van der Waals surface area contributed by atoms with Crippen molar-refractivity contribution in [1.29, 1.82) is 0 Å². The van der Waals surface area contributed by atoms with Gasteiger partial charge in [-0.2, -0.15) is 4.98 Å². The summed E-state index contributed by atoms with van der Waals surface area (Å²) < 4.78 is 5.14. The highest BCUT2D eigenvalue weighted by Crippen LogP contribution is 2.20. The number of aryl methyl sites for hydroxylation is 2. The Morgan fingerprint density at radius 2 is 1.96 bits per heavy atom. The standard InChI is InChI=1S/C20H23N5O2/c1-13-9-10-21-18(11-13)12-14(2)25(4)20(26)23-17-7-5-16(6-8-17)19-22-15(3)24-27-19/h5-11,14H,12H2,1-4H3,(H,23,26)/t14-/m1/s1. The van der Waals surface area contributed by atoms with E-state index in [0.717, 1.165) is 16.8 Å². The molecule has 3 aromatic rings. The molecule has 0 radical (unpaired) electrons. The Morgan fingerprint density at radius 1 is 1.22 bits per heavy atom. The molecule has 27 heavy (non-hydrogen) atoms. The first-order chi connectivity index (χ1) is 12.9. The molecule has 1 N–H and O–H groups in total. The van der Waals surface area contributed by atoms with Gasteiger partial charge >= 0.3 is 6.03 Å². The first-order valence-corrected chi connectivity index (χ1v) is 8.78. The van der Waals surface area contributed by atoms with Gasteiger partial charge in [-0.25, -0.2) is 4.79 Å². The van der Waals surface area contributed by atoms with E-state index in [0.29, 0.717) is 23.8 Å². The number of nitrogens with zero attached hydrogens (tertiary/aromatic N) is 4. The van der Waals surface area contributed by atoms with Crippen LogP contribution in [0.2, 0.25) is 0 Å². The number of benzene rings is 1. The summed E-state index contributed by atoms with van der Waals surface area (Å²) in [5.74, 6) is 1.04. The molecule has 0 unspecified atom stereocenters. The van der Waals surface area contributed by atoms with E-state index in [2.05, 4.69) is 20.4 Å². The molecule has 7 nitrogen and oxygen atoms in total. The molecule has 0 saturated heterocycles. The molecule has 0 aliphatic carbocycles. The zero-order chi connectivity index (χ0) is 19.4. The fourth-order valence-corrected chi connectivity index (χ4v) is 2.67. The monoisotopic (exact) mass is 365 g/mol. The van der Waals surface area contributed by atoms with Crippen LogP contribution in [0.3, 0.4) is 0 Å². The first kappa shape index (κ1) is 18.6. The summed E-state index contributed by atoms with van der Waals surface area (Å²) in [4.78, 5) is 22.8. The fourth-order valence-electron chi connectivity index (χ4n) is 2.67. The topological polar surface area (TPSA) is 84.2 Å². The van der Waals surface area contributed by atoms with Crippen molar-refractivity contribution in [3.8, 4) is 11.5 Å². The van der Waals surface area contributed by atoms with Crippen LogP contribution in [0, 0.1) is 13.8 Å². The second-order valence-electron chi connectivity index (χ2n) is 6.64. The van der Waals surface area contributed by atoms with Gasteiger partial charge in [-0.15, -0.1) is 0 Å². The number of anilines is 1. The minimum absolute atomic E-state index is 0.0138. The van der Waals surface area contributed by atoms with Crippen molar-refractivity contribution in [2.75, 3.05) is 12.4 Å². The van der Waals surface area contributed by atoms with Gasteiger partial charge in [-0.05, 0) is 62.7 Å². The largest absolute Gasteiger partial charge is 0.334 e. The quantitative estimate of drug-likeness (QED) is 0.742.